The molecule has 188 valence electrons. The third-order valence-electron chi connectivity index (χ3n) is 10.9. The first-order valence-electron chi connectivity index (χ1n) is 13.5. The minimum Gasteiger partial charge on any atom is -0.393 e. The Balaban J connectivity index is 1.27. The van der Waals surface area contributed by atoms with Crippen LogP contribution in [0.1, 0.15) is 83.2 Å². The second-order valence-corrected chi connectivity index (χ2v) is 13.7. The van der Waals surface area contributed by atoms with Gasteiger partial charge in [0.15, 0.2) is 5.11 Å². The number of hydrogen-bond acceptors (Lipinski definition) is 3. The molecular formula is C29H38BrN3OS. The number of benzene rings is 1. The number of rotatable bonds is 2. The molecule has 35 heavy (non-hydrogen) atoms. The van der Waals surface area contributed by atoms with Crippen LogP contribution in [0.2, 0.25) is 0 Å². The maximum atomic E-state index is 10.3. The zero-order chi connectivity index (χ0) is 24.5. The van der Waals surface area contributed by atoms with Crippen LogP contribution < -0.4 is 5.73 Å². The molecule has 1 aromatic rings. The third kappa shape index (κ3) is 3.76. The highest BCUT2D eigenvalue weighted by molar-refractivity contribution is 9.10. The number of aliphatic hydroxyl groups is 1. The van der Waals surface area contributed by atoms with Gasteiger partial charge < -0.3 is 10.8 Å². The van der Waals surface area contributed by atoms with Crippen LogP contribution in [-0.4, -0.2) is 27.0 Å². The van der Waals surface area contributed by atoms with Gasteiger partial charge in [-0.05, 0) is 110 Å². The summed E-state index contributed by atoms with van der Waals surface area (Å²) in [6, 6.07) is 8.61. The molecular weight excluding hydrogens is 518 g/mol. The van der Waals surface area contributed by atoms with Crippen molar-refractivity contribution >= 4 is 39.0 Å². The predicted molar refractivity (Wildman–Crippen MR) is 149 cm³/mol. The highest BCUT2D eigenvalue weighted by Gasteiger charge is 2.59. The number of fused-ring (bicyclic) bond motifs is 5. The van der Waals surface area contributed by atoms with E-state index in [0.29, 0.717) is 21.9 Å². The van der Waals surface area contributed by atoms with Crippen LogP contribution in [0.25, 0.3) is 0 Å². The molecule has 0 spiro atoms. The van der Waals surface area contributed by atoms with Crippen molar-refractivity contribution in [2.45, 2.75) is 83.8 Å². The van der Waals surface area contributed by atoms with Crippen molar-refractivity contribution in [1.29, 1.82) is 0 Å². The van der Waals surface area contributed by atoms with Crippen molar-refractivity contribution < 1.29 is 5.11 Å². The molecule has 4 nitrogen and oxygen atoms in total. The number of thiocarbonyl (C=S) groups is 1. The van der Waals surface area contributed by atoms with Gasteiger partial charge in [0.2, 0.25) is 0 Å². The highest BCUT2D eigenvalue weighted by Crippen LogP contribution is 2.66. The molecule has 6 heteroatoms. The topological polar surface area (TPSA) is 61.9 Å². The molecule has 1 aromatic carbocycles. The minimum absolute atomic E-state index is 0.0994. The summed E-state index contributed by atoms with van der Waals surface area (Å²) in [5.74, 6) is 2.79. The number of aliphatic hydroxyl groups excluding tert-OH is 1. The Bertz CT molecular complexity index is 1090. The van der Waals surface area contributed by atoms with E-state index in [1.165, 1.54) is 43.4 Å². The summed E-state index contributed by atoms with van der Waals surface area (Å²) in [6.45, 7) is 5.08. The van der Waals surface area contributed by atoms with Crippen molar-refractivity contribution in [3.8, 4) is 0 Å². The number of allylic oxidation sites excluding steroid dienone is 1. The first-order valence-corrected chi connectivity index (χ1v) is 14.7. The van der Waals surface area contributed by atoms with E-state index in [2.05, 4.69) is 60.1 Å². The molecule has 1 aliphatic heterocycles. The molecule has 6 unspecified atom stereocenters. The lowest BCUT2D eigenvalue weighted by Crippen LogP contribution is -2.51. The van der Waals surface area contributed by atoms with E-state index in [-0.39, 0.29) is 12.1 Å². The molecule has 3 saturated carbocycles. The van der Waals surface area contributed by atoms with Gasteiger partial charge in [-0.2, -0.15) is 5.10 Å². The first-order chi connectivity index (χ1) is 16.7. The Morgan fingerprint density at radius 3 is 2.60 bits per heavy atom. The van der Waals surface area contributed by atoms with Crippen molar-refractivity contribution in [2.75, 3.05) is 0 Å². The zero-order valence-electron chi connectivity index (χ0n) is 20.9. The van der Waals surface area contributed by atoms with Gasteiger partial charge >= 0.3 is 0 Å². The molecule has 6 rings (SSSR count). The summed E-state index contributed by atoms with van der Waals surface area (Å²) in [4.78, 5) is 0. The number of hydrazone groups is 1. The molecule has 5 aliphatic rings. The zero-order valence-corrected chi connectivity index (χ0v) is 23.3. The van der Waals surface area contributed by atoms with Gasteiger partial charge in [-0.1, -0.05) is 53.6 Å². The fourth-order valence-corrected chi connectivity index (χ4v) is 9.51. The smallest absolute Gasteiger partial charge is 0.187 e. The van der Waals surface area contributed by atoms with E-state index >= 15 is 0 Å². The van der Waals surface area contributed by atoms with Crippen LogP contribution in [0.15, 0.2) is 45.5 Å². The number of halogens is 1. The first kappa shape index (κ1) is 24.1. The maximum Gasteiger partial charge on any atom is 0.187 e. The van der Waals surface area contributed by atoms with Gasteiger partial charge in [-0.3, -0.25) is 0 Å². The van der Waals surface area contributed by atoms with Crippen LogP contribution in [0.5, 0.6) is 0 Å². The standard InChI is InChI=1S/C29H38BrN3OS/c1-28-13-11-20(34)15-18(28)5-8-21-22-9-10-24(29(22,2)14-12-23(21)28)25-16-26(33(32-25)27(31)35)17-3-6-19(30)7-4-17/h3-7,20-24,26,34H,8-16H2,1-2H3,(H2,31,35)/t20?,21?,22?,23?,24?,26?,28-,29-/m0/s1. The lowest BCUT2D eigenvalue weighted by molar-refractivity contribution is -0.0424. The quantitative estimate of drug-likeness (QED) is 0.313. The lowest BCUT2D eigenvalue weighted by Gasteiger charge is -2.58. The normalized spacial score (nSPS) is 42.6. The third-order valence-corrected chi connectivity index (χ3v) is 11.6. The van der Waals surface area contributed by atoms with Gasteiger partial charge in [0.25, 0.3) is 0 Å². The number of nitrogens with zero attached hydrogens (tertiary/aromatic N) is 2. The fourth-order valence-electron chi connectivity index (χ4n) is 9.08. The van der Waals surface area contributed by atoms with Crippen LogP contribution in [0.3, 0.4) is 0 Å². The van der Waals surface area contributed by atoms with E-state index in [0.717, 1.165) is 47.9 Å². The number of nitrogens with two attached hydrogens (primary N) is 1. The number of hydrogen-bond donors (Lipinski definition) is 2. The average Bonchev–Trinajstić information content (AvgIpc) is 3.41. The molecule has 0 amide bonds. The Labute approximate surface area is 223 Å². The van der Waals surface area contributed by atoms with Gasteiger partial charge in [0.05, 0.1) is 12.1 Å². The molecule has 0 bridgehead atoms. The van der Waals surface area contributed by atoms with Gasteiger partial charge in [-0.15, -0.1) is 0 Å². The SMILES string of the molecule is C[C@]12CCC3C(CC=C4CC(O)CC[C@@]43C)C1CCC2C1=NN(C(N)=S)C(c2ccc(Br)cc2)C1. The molecule has 0 radical (unpaired) electrons. The molecule has 3 N–H and O–H groups in total. The predicted octanol–water partition coefficient (Wildman–Crippen LogP) is 6.74. The second kappa shape index (κ2) is 8.66. The van der Waals surface area contributed by atoms with Crippen molar-refractivity contribution in [3.63, 3.8) is 0 Å². The highest BCUT2D eigenvalue weighted by atomic mass is 79.9. The van der Waals surface area contributed by atoms with Crippen molar-refractivity contribution in [2.24, 2.45) is 45.3 Å². The summed E-state index contributed by atoms with van der Waals surface area (Å²) in [5, 5.41) is 17.7. The molecule has 1 heterocycles. The minimum atomic E-state index is -0.133. The molecule has 4 aliphatic carbocycles. The summed E-state index contributed by atoms with van der Waals surface area (Å²) < 4.78 is 1.08. The summed E-state index contributed by atoms with van der Waals surface area (Å²) in [5.41, 5.74) is 10.9. The monoisotopic (exact) mass is 555 g/mol. The lowest BCUT2D eigenvalue weighted by atomic mass is 9.47. The maximum absolute atomic E-state index is 10.3. The fraction of sp³-hybridized carbons (Fsp3) is 0.655. The summed E-state index contributed by atoms with van der Waals surface area (Å²) in [6.07, 6.45) is 12.6. The van der Waals surface area contributed by atoms with E-state index < -0.39 is 0 Å². The Morgan fingerprint density at radius 2 is 1.86 bits per heavy atom. The largest absolute Gasteiger partial charge is 0.393 e. The van der Waals surface area contributed by atoms with Crippen LogP contribution in [-0.2, 0) is 0 Å². The van der Waals surface area contributed by atoms with Gasteiger partial charge in [0.1, 0.15) is 0 Å². The van der Waals surface area contributed by atoms with Gasteiger partial charge in [0, 0.05) is 22.5 Å². The van der Waals surface area contributed by atoms with E-state index in [1.807, 2.05) is 5.01 Å². The molecule has 3 fully saturated rings. The Kier molecular flexibility index (Phi) is 5.97. The Hall–Kier alpha value is -1.24. The molecule has 0 saturated heterocycles. The van der Waals surface area contributed by atoms with Gasteiger partial charge in [-0.25, -0.2) is 5.01 Å². The Morgan fingerprint density at radius 1 is 1.09 bits per heavy atom. The van der Waals surface area contributed by atoms with E-state index in [9.17, 15) is 5.11 Å². The van der Waals surface area contributed by atoms with Crippen LogP contribution in [0.4, 0.5) is 0 Å². The second-order valence-electron chi connectivity index (χ2n) is 12.4. The molecule has 8 atom stereocenters. The molecule has 0 aromatic heterocycles. The average molecular weight is 557 g/mol. The van der Waals surface area contributed by atoms with E-state index in [1.54, 1.807) is 5.57 Å². The summed E-state index contributed by atoms with van der Waals surface area (Å²) in [7, 11) is 0. The van der Waals surface area contributed by atoms with Crippen LogP contribution >= 0.6 is 28.1 Å². The van der Waals surface area contributed by atoms with Crippen molar-refractivity contribution in [1.82, 2.24) is 5.01 Å². The summed E-state index contributed by atoms with van der Waals surface area (Å²) >= 11 is 9.00. The van der Waals surface area contributed by atoms with E-state index in [4.69, 9.17) is 23.1 Å². The van der Waals surface area contributed by atoms with Crippen molar-refractivity contribution in [3.05, 3.63) is 46.0 Å². The van der Waals surface area contributed by atoms with Crippen LogP contribution in [0, 0.1) is 34.5 Å².